The van der Waals surface area contributed by atoms with Gasteiger partial charge >= 0.3 is 5.69 Å². The lowest BCUT2D eigenvalue weighted by atomic mass is 10.2. The Bertz CT molecular complexity index is 613. The van der Waals surface area contributed by atoms with Crippen LogP contribution in [0.15, 0.2) is 23.1 Å². The van der Waals surface area contributed by atoms with Crippen molar-refractivity contribution in [1.82, 2.24) is 4.72 Å². The largest absolute Gasteiger partial charge is 0.304 e. The molecule has 0 aliphatic heterocycles. The summed E-state index contributed by atoms with van der Waals surface area (Å²) in [6.45, 7) is 1.75. The van der Waals surface area contributed by atoms with Gasteiger partial charge in [0.05, 0.1) is 9.82 Å². The van der Waals surface area contributed by atoms with Crippen molar-refractivity contribution >= 4 is 15.7 Å². The fourth-order valence-electron chi connectivity index (χ4n) is 1.81. The molecule has 1 fully saturated rings. The highest BCUT2D eigenvalue weighted by atomic mass is 32.2. The highest BCUT2D eigenvalue weighted by Crippen LogP contribution is 2.33. The molecule has 0 spiro atoms. The van der Waals surface area contributed by atoms with Gasteiger partial charge in [-0.1, -0.05) is 0 Å². The monoisotopic (exact) mass is 288 g/mol. The van der Waals surface area contributed by atoms with E-state index in [1.807, 2.05) is 0 Å². The molecule has 1 aliphatic carbocycles. The Morgan fingerprint density at radius 3 is 2.58 bits per heavy atom. The maximum atomic E-state index is 13.4. The molecule has 1 unspecified atom stereocenters. The number of nitro benzene ring substituents is 1. The number of hydrogen-bond donors (Lipinski definition) is 1. The van der Waals surface area contributed by atoms with E-state index in [2.05, 4.69) is 4.72 Å². The fraction of sp³-hybridized carbons (Fsp3) is 0.455. The molecule has 1 atom stereocenters. The van der Waals surface area contributed by atoms with Crippen LogP contribution >= 0.6 is 0 Å². The van der Waals surface area contributed by atoms with Crippen molar-refractivity contribution in [2.24, 2.45) is 5.92 Å². The Labute approximate surface area is 109 Å². The second kappa shape index (κ2) is 4.86. The molecule has 2 rings (SSSR count). The number of nitrogens with one attached hydrogen (secondary N) is 1. The summed E-state index contributed by atoms with van der Waals surface area (Å²) in [4.78, 5) is 9.26. The number of benzene rings is 1. The van der Waals surface area contributed by atoms with E-state index in [4.69, 9.17) is 0 Å². The summed E-state index contributed by atoms with van der Waals surface area (Å²) in [5, 5.41) is 10.5. The van der Waals surface area contributed by atoms with Gasteiger partial charge in [0.2, 0.25) is 15.8 Å². The van der Waals surface area contributed by atoms with Gasteiger partial charge in [0.25, 0.3) is 0 Å². The van der Waals surface area contributed by atoms with E-state index in [-0.39, 0.29) is 10.9 Å². The van der Waals surface area contributed by atoms with Crippen LogP contribution in [0.2, 0.25) is 0 Å². The number of rotatable bonds is 5. The predicted molar refractivity (Wildman–Crippen MR) is 65.6 cm³/mol. The first kappa shape index (κ1) is 13.9. The van der Waals surface area contributed by atoms with Crippen LogP contribution in [0.25, 0.3) is 0 Å². The van der Waals surface area contributed by atoms with E-state index in [0.29, 0.717) is 12.0 Å². The Balaban J connectivity index is 2.25. The number of nitrogens with zero attached hydrogens (tertiary/aromatic N) is 1. The highest BCUT2D eigenvalue weighted by molar-refractivity contribution is 7.89. The van der Waals surface area contributed by atoms with Crippen molar-refractivity contribution in [2.45, 2.75) is 30.7 Å². The summed E-state index contributed by atoms with van der Waals surface area (Å²) < 4.78 is 39.8. The van der Waals surface area contributed by atoms with E-state index in [9.17, 15) is 22.9 Å². The smallest absolute Gasteiger partial charge is 0.258 e. The van der Waals surface area contributed by atoms with Crippen molar-refractivity contribution in [1.29, 1.82) is 0 Å². The molecule has 1 aliphatic rings. The van der Waals surface area contributed by atoms with Gasteiger partial charge in [-0.25, -0.2) is 13.1 Å². The second-order valence-corrected chi connectivity index (χ2v) is 6.33. The number of nitro groups is 1. The lowest BCUT2D eigenvalue weighted by Gasteiger charge is -2.13. The third-order valence-electron chi connectivity index (χ3n) is 3.10. The van der Waals surface area contributed by atoms with Gasteiger partial charge < -0.3 is 0 Å². The molecule has 6 nitrogen and oxygen atoms in total. The zero-order valence-electron chi connectivity index (χ0n) is 10.2. The molecular weight excluding hydrogens is 275 g/mol. The summed E-state index contributed by atoms with van der Waals surface area (Å²) in [6.07, 6.45) is 1.94. The molecule has 1 aromatic carbocycles. The third kappa shape index (κ3) is 3.07. The van der Waals surface area contributed by atoms with E-state index in [1.54, 1.807) is 6.92 Å². The molecule has 104 valence electrons. The van der Waals surface area contributed by atoms with Crippen molar-refractivity contribution in [3.05, 3.63) is 34.1 Å². The average Bonchev–Trinajstić information content (AvgIpc) is 3.11. The summed E-state index contributed by atoms with van der Waals surface area (Å²) in [5.41, 5.74) is -0.741. The van der Waals surface area contributed by atoms with Gasteiger partial charge in [0.1, 0.15) is 0 Å². The summed E-state index contributed by atoms with van der Waals surface area (Å²) in [5.74, 6) is -0.843. The van der Waals surface area contributed by atoms with Crippen LogP contribution in [0.5, 0.6) is 0 Å². The van der Waals surface area contributed by atoms with Crippen LogP contribution in [-0.2, 0) is 10.0 Å². The zero-order chi connectivity index (χ0) is 14.2. The van der Waals surface area contributed by atoms with Crippen LogP contribution in [-0.4, -0.2) is 19.4 Å². The van der Waals surface area contributed by atoms with Crippen molar-refractivity contribution in [2.75, 3.05) is 0 Å². The molecule has 0 radical (unpaired) electrons. The third-order valence-corrected chi connectivity index (χ3v) is 4.65. The Morgan fingerprint density at radius 2 is 2.11 bits per heavy atom. The van der Waals surface area contributed by atoms with Crippen molar-refractivity contribution in [3.63, 3.8) is 0 Å². The summed E-state index contributed by atoms with van der Waals surface area (Å²) in [6, 6.07) is 2.33. The van der Waals surface area contributed by atoms with E-state index >= 15 is 0 Å². The molecule has 1 saturated carbocycles. The molecule has 0 saturated heterocycles. The first-order chi connectivity index (χ1) is 8.81. The van der Waals surface area contributed by atoms with Gasteiger partial charge in [-0.05, 0) is 31.7 Å². The quantitative estimate of drug-likeness (QED) is 0.661. The Kier molecular flexibility index (Phi) is 3.55. The molecular formula is C11H13FN2O4S. The maximum Gasteiger partial charge on any atom is 0.304 e. The Hall–Kier alpha value is -1.54. The van der Waals surface area contributed by atoms with Crippen LogP contribution in [0, 0.1) is 21.8 Å². The molecule has 1 aromatic rings. The molecule has 19 heavy (non-hydrogen) atoms. The number of sulfonamides is 1. The predicted octanol–water partition coefficient (Wildman–Crippen LogP) is 1.81. The van der Waals surface area contributed by atoms with Crippen molar-refractivity contribution in [3.8, 4) is 0 Å². The SMILES string of the molecule is CC(NS(=O)(=O)c1ccc([N+](=O)[O-])c(F)c1)C1CC1. The van der Waals surface area contributed by atoms with Gasteiger partial charge in [-0.3, -0.25) is 10.1 Å². The second-order valence-electron chi connectivity index (χ2n) is 4.62. The van der Waals surface area contributed by atoms with Gasteiger partial charge in [0, 0.05) is 18.2 Å². The van der Waals surface area contributed by atoms with E-state index in [1.165, 1.54) is 0 Å². The minimum Gasteiger partial charge on any atom is -0.258 e. The van der Waals surface area contributed by atoms with E-state index < -0.39 is 26.5 Å². The summed E-state index contributed by atoms with van der Waals surface area (Å²) in [7, 11) is -3.84. The highest BCUT2D eigenvalue weighted by Gasteiger charge is 2.31. The lowest BCUT2D eigenvalue weighted by Crippen LogP contribution is -2.34. The first-order valence-corrected chi connectivity index (χ1v) is 7.26. The fourth-order valence-corrected chi connectivity index (χ4v) is 3.13. The molecule has 8 heteroatoms. The van der Waals surface area contributed by atoms with Crippen LogP contribution in [0.3, 0.4) is 0 Å². The molecule has 0 amide bonds. The van der Waals surface area contributed by atoms with Gasteiger partial charge in [-0.15, -0.1) is 0 Å². The van der Waals surface area contributed by atoms with Crippen LogP contribution in [0.4, 0.5) is 10.1 Å². The maximum absolute atomic E-state index is 13.4. The standard InChI is InChI=1S/C11H13FN2O4S/c1-7(8-2-3-8)13-19(17,18)9-4-5-11(14(15)16)10(12)6-9/h4-8,13H,2-3H2,1H3. The van der Waals surface area contributed by atoms with Crippen LogP contribution < -0.4 is 4.72 Å². The van der Waals surface area contributed by atoms with Gasteiger partial charge in [-0.2, -0.15) is 4.39 Å². The zero-order valence-corrected chi connectivity index (χ0v) is 11.0. The minimum atomic E-state index is -3.84. The first-order valence-electron chi connectivity index (χ1n) is 5.77. The number of hydrogen-bond acceptors (Lipinski definition) is 4. The lowest BCUT2D eigenvalue weighted by molar-refractivity contribution is -0.387. The molecule has 0 bridgehead atoms. The average molecular weight is 288 g/mol. The topological polar surface area (TPSA) is 89.3 Å². The minimum absolute atomic E-state index is 0.219. The molecule has 0 heterocycles. The van der Waals surface area contributed by atoms with Gasteiger partial charge in [0.15, 0.2) is 0 Å². The van der Waals surface area contributed by atoms with Crippen molar-refractivity contribution < 1.29 is 17.7 Å². The van der Waals surface area contributed by atoms with Crippen LogP contribution in [0.1, 0.15) is 19.8 Å². The van der Waals surface area contributed by atoms with E-state index in [0.717, 1.165) is 25.0 Å². The normalized spacial score (nSPS) is 17.2. The molecule has 0 aromatic heterocycles. The summed E-state index contributed by atoms with van der Waals surface area (Å²) >= 11 is 0. The Morgan fingerprint density at radius 1 is 1.47 bits per heavy atom. The number of halogens is 1. The molecule has 1 N–H and O–H groups in total.